The summed E-state index contributed by atoms with van der Waals surface area (Å²) in [5.41, 5.74) is 0.463. The lowest BCUT2D eigenvalue weighted by Crippen LogP contribution is -2.30. The summed E-state index contributed by atoms with van der Waals surface area (Å²) in [5, 5.41) is 19.3. The molecule has 0 aromatic heterocycles. The van der Waals surface area contributed by atoms with E-state index in [0.29, 0.717) is 5.56 Å². The van der Waals surface area contributed by atoms with Gasteiger partial charge in [0.1, 0.15) is 5.82 Å². The van der Waals surface area contributed by atoms with Crippen LogP contribution >= 0.6 is 0 Å². The molecule has 0 spiro atoms. The number of aliphatic hydroxyl groups excluding tert-OH is 2. The third-order valence-corrected chi connectivity index (χ3v) is 2.89. The second kappa shape index (κ2) is 4.29. The van der Waals surface area contributed by atoms with Crippen molar-refractivity contribution >= 4 is 0 Å². The van der Waals surface area contributed by atoms with Gasteiger partial charge in [-0.3, -0.25) is 0 Å². The summed E-state index contributed by atoms with van der Waals surface area (Å²) in [6, 6.07) is 6.35. The van der Waals surface area contributed by atoms with Crippen LogP contribution in [0.2, 0.25) is 0 Å². The van der Waals surface area contributed by atoms with Crippen molar-refractivity contribution < 1.29 is 14.6 Å². The Morgan fingerprint density at radius 1 is 1.27 bits per heavy atom. The van der Waals surface area contributed by atoms with E-state index in [2.05, 4.69) is 0 Å². The van der Waals surface area contributed by atoms with Crippen LogP contribution in [0.15, 0.2) is 24.3 Å². The van der Waals surface area contributed by atoms with E-state index in [1.54, 1.807) is 18.2 Å². The van der Waals surface area contributed by atoms with E-state index in [1.807, 2.05) is 0 Å². The average Bonchev–Trinajstić information content (AvgIpc) is 3.04. The summed E-state index contributed by atoms with van der Waals surface area (Å²) in [6.07, 6.45) is 0.564. The van der Waals surface area contributed by atoms with Crippen molar-refractivity contribution in [1.29, 1.82) is 0 Å². The van der Waals surface area contributed by atoms with Gasteiger partial charge < -0.3 is 10.2 Å². The van der Waals surface area contributed by atoms with Gasteiger partial charge in [-0.1, -0.05) is 18.2 Å². The van der Waals surface area contributed by atoms with Crippen molar-refractivity contribution in [2.45, 2.75) is 31.5 Å². The molecule has 1 saturated carbocycles. The highest BCUT2D eigenvalue weighted by molar-refractivity contribution is 5.18. The monoisotopic (exact) mass is 210 g/mol. The van der Waals surface area contributed by atoms with E-state index >= 15 is 0 Å². The molecule has 2 N–H and O–H groups in total. The maximum absolute atomic E-state index is 13.2. The van der Waals surface area contributed by atoms with Gasteiger partial charge in [-0.15, -0.1) is 0 Å². The van der Waals surface area contributed by atoms with Crippen LogP contribution in [0, 0.1) is 11.7 Å². The van der Waals surface area contributed by atoms with Gasteiger partial charge in [-0.05, 0) is 30.4 Å². The Labute approximate surface area is 88.4 Å². The summed E-state index contributed by atoms with van der Waals surface area (Å²) < 4.78 is 13.2. The number of rotatable bonds is 4. The van der Waals surface area contributed by atoms with Gasteiger partial charge in [0.05, 0.1) is 12.2 Å². The fourth-order valence-corrected chi connectivity index (χ4v) is 1.76. The Morgan fingerprint density at radius 2 is 1.93 bits per heavy atom. The maximum Gasteiger partial charge on any atom is 0.126 e. The van der Waals surface area contributed by atoms with Crippen LogP contribution in [0.1, 0.15) is 18.4 Å². The fraction of sp³-hybridized carbons (Fsp3) is 0.500. The van der Waals surface area contributed by atoms with Crippen molar-refractivity contribution in [3.05, 3.63) is 35.6 Å². The van der Waals surface area contributed by atoms with Gasteiger partial charge in [-0.25, -0.2) is 4.39 Å². The zero-order valence-electron chi connectivity index (χ0n) is 8.44. The Hall–Kier alpha value is -0.930. The molecule has 2 atom stereocenters. The van der Waals surface area contributed by atoms with E-state index in [0.717, 1.165) is 12.8 Å². The molecule has 0 amide bonds. The molecule has 0 saturated heterocycles. The van der Waals surface area contributed by atoms with Crippen molar-refractivity contribution in [2.24, 2.45) is 5.92 Å². The first-order valence-electron chi connectivity index (χ1n) is 5.28. The number of aliphatic hydroxyl groups is 2. The quantitative estimate of drug-likeness (QED) is 0.790. The van der Waals surface area contributed by atoms with Crippen molar-refractivity contribution in [3.63, 3.8) is 0 Å². The molecular formula is C12H15FO2. The Balaban J connectivity index is 1.98. The standard InChI is InChI=1S/C12H15FO2/c13-10-4-2-1-3-9(10)7-11(14)12(15)8-5-6-8/h1-4,8,11-12,14-15H,5-7H2. The van der Waals surface area contributed by atoms with Gasteiger partial charge in [0.15, 0.2) is 0 Å². The molecule has 2 unspecified atom stereocenters. The highest BCUT2D eigenvalue weighted by Gasteiger charge is 2.34. The summed E-state index contributed by atoms with van der Waals surface area (Å²) in [4.78, 5) is 0. The molecule has 1 fully saturated rings. The Bertz CT molecular complexity index is 336. The molecule has 0 heterocycles. The SMILES string of the molecule is OC(Cc1ccccc1F)C(O)C1CC1. The summed E-state index contributed by atoms with van der Waals surface area (Å²) in [7, 11) is 0. The topological polar surface area (TPSA) is 40.5 Å². The first-order chi connectivity index (χ1) is 7.18. The normalized spacial score (nSPS) is 19.9. The van der Waals surface area contributed by atoms with E-state index in [4.69, 9.17) is 0 Å². The lowest BCUT2D eigenvalue weighted by molar-refractivity contribution is 0.00632. The van der Waals surface area contributed by atoms with Crippen molar-refractivity contribution in [2.75, 3.05) is 0 Å². The number of hydrogen-bond acceptors (Lipinski definition) is 2. The Kier molecular flexibility index (Phi) is 3.03. The molecule has 1 aliphatic carbocycles. The third-order valence-electron chi connectivity index (χ3n) is 2.89. The summed E-state index contributed by atoms with van der Waals surface area (Å²) in [5.74, 6) is -0.105. The lowest BCUT2D eigenvalue weighted by Gasteiger charge is -2.17. The smallest absolute Gasteiger partial charge is 0.126 e. The lowest BCUT2D eigenvalue weighted by atomic mass is 10.0. The molecule has 2 rings (SSSR count). The van der Waals surface area contributed by atoms with Crippen molar-refractivity contribution in [3.8, 4) is 0 Å². The van der Waals surface area contributed by atoms with Crippen LogP contribution < -0.4 is 0 Å². The molecule has 0 aliphatic heterocycles. The minimum Gasteiger partial charge on any atom is -0.390 e. The maximum atomic E-state index is 13.2. The van der Waals surface area contributed by atoms with Crippen LogP contribution in [-0.4, -0.2) is 22.4 Å². The largest absolute Gasteiger partial charge is 0.390 e. The second-order valence-electron chi connectivity index (χ2n) is 4.19. The predicted octanol–water partition coefficient (Wildman–Crippen LogP) is 1.50. The third kappa shape index (κ3) is 2.55. The molecule has 0 radical (unpaired) electrons. The Morgan fingerprint density at radius 3 is 2.53 bits per heavy atom. The van der Waals surface area contributed by atoms with E-state index < -0.39 is 12.2 Å². The van der Waals surface area contributed by atoms with Crippen LogP contribution in [0.5, 0.6) is 0 Å². The molecule has 1 aliphatic rings. The van der Waals surface area contributed by atoms with Crippen molar-refractivity contribution in [1.82, 2.24) is 0 Å². The van der Waals surface area contributed by atoms with Crippen LogP contribution in [-0.2, 0) is 6.42 Å². The molecule has 1 aromatic carbocycles. The zero-order valence-corrected chi connectivity index (χ0v) is 8.44. The van der Waals surface area contributed by atoms with Crippen LogP contribution in [0.4, 0.5) is 4.39 Å². The molecule has 2 nitrogen and oxygen atoms in total. The van der Waals surface area contributed by atoms with E-state index in [-0.39, 0.29) is 18.2 Å². The van der Waals surface area contributed by atoms with Gasteiger partial charge >= 0.3 is 0 Å². The van der Waals surface area contributed by atoms with E-state index in [1.165, 1.54) is 6.07 Å². The molecule has 3 heteroatoms. The predicted molar refractivity (Wildman–Crippen MR) is 54.8 cm³/mol. The zero-order chi connectivity index (χ0) is 10.8. The van der Waals surface area contributed by atoms with Crippen LogP contribution in [0.25, 0.3) is 0 Å². The number of benzene rings is 1. The molecule has 0 bridgehead atoms. The first kappa shape index (κ1) is 10.6. The van der Waals surface area contributed by atoms with Crippen LogP contribution in [0.3, 0.4) is 0 Å². The number of halogens is 1. The van der Waals surface area contributed by atoms with Gasteiger partial charge in [0.2, 0.25) is 0 Å². The highest BCUT2D eigenvalue weighted by Crippen LogP contribution is 2.34. The fourth-order valence-electron chi connectivity index (χ4n) is 1.76. The van der Waals surface area contributed by atoms with E-state index in [9.17, 15) is 14.6 Å². The molecule has 1 aromatic rings. The first-order valence-corrected chi connectivity index (χ1v) is 5.28. The summed E-state index contributed by atoms with van der Waals surface area (Å²) >= 11 is 0. The number of hydrogen-bond donors (Lipinski definition) is 2. The average molecular weight is 210 g/mol. The minimum absolute atomic E-state index is 0.185. The molecule has 15 heavy (non-hydrogen) atoms. The minimum atomic E-state index is -0.852. The van der Waals surface area contributed by atoms with Gasteiger partial charge in [-0.2, -0.15) is 0 Å². The molecule has 82 valence electrons. The van der Waals surface area contributed by atoms with Gasteiger partial charge in [0, 0.05) is 6.42 Å². The second-order valence-corrected chi connectivity index (χ2v) is 4.19. The molecular weight excluding hydrogens is 195 g/mol. The summed E-state index contributed by atoms with van der Waals surface area (Å²) in [6.45, 7) is 0. The highest BCUT2D eigenvalue weighted by atomic mass is 19.1. The van der Waals surface area contributed by atoms with Gasteiger partial charge in [0.25, 0.3) is 0 Å².